The molecule has 0 bridgehead atoms. The minimum absolute atomic E-state index is 0.162. The van der Waals surface area contributed by atoms with E-state index in [4.69, 9.17) is 4.74 Å². The number of fused-ring (bicyclic) bond motifs is 1. The molecule has 1 aromatic rings. The van der Waals surface area contributed by atoms with Gasteiger partial charge in [0.05, 0.1) is 0 Å². The summed E-state index contributed by atoms with van der Waals surface area (Å²) in [4.78, 5) is 16.5. The summed E-state index contributed by atoms with van der Waals surface area (Å²) < 4.78 is 7.67. The Morgan fingerprint density at radius 2 is 2.00 bits per heavy atom. The van der Waals surface area contributed by atoms with E-state index in [-0.39, 0.29) is 11.6 Å². The summed E-state index contributed by atoms with van der Waals surface area (Å²) >= 11 is 0. The molecule has 0 aromatic carbocycles. The largest absolute Gasteiger partial charge is 0.444 e. The lowest BCUT2D eigenvalue weighted by atomic mass is 9.80. The maximum atomic E-state index is 12.1. The van der Waals surface area contributed by atoms with Crippen LogP contribution in [-0.4, -0.2) is 38.9 Å². The van der Waals surface area contributed by atoms with E-state index < -0.39 is 5.60 Å². The van der Waals surface area contributed by atoms with Gasteiger partial charge in [-0.15, -0.1) is 0 Å². The number of ether oxygens (including phenoxy) is 1. The van der Waals surface area contributed by atoms with E-state index in [9.17, 15) is 4.79 Å². The molecular formula is C19H32N4O2. The molecule has 1 atom stereocenters. The van der Waals surface area contributed by atoms with Crippen molar-refractivity contribution in [1.29, 1.82) is 0 Å². The number of nitrogens with zero attached hydrogens (tertiary/aromatic N) is 2. The third-order valence-electron chi connectivity index (χ3n) is 5.30. The van der Waals surface area contributed by atoms with Gasteiger partial charge in [-0.25, -0.2) is 9.78 Å². The number of nitrogens with one attached hydrogen (secondary N) is 2. The Labute approximate surface area is 150 Å². The smallest absolute Gasteiger partial charge is 0.408 e. The van der Waals surface area contributed by atoms with Crippen LogP contribution in [0.3, 0.4) is 0 Å². The molecule has 25 heavy (non-hydrogen) atoms. The SMILES string of the molecule is CC1(NC(=O)OC(C)(C)C)CCC(NC2CCc3nccn3C2)CC1. The van der Waals surface area contributed by atoms with E-state index in [1.54, 1.807) is 0 Å². The van der Waals surface area contributed by atoms with Crippen molar-refractivity contribution < 1.29 is 9.53 Å². The van der Waals surface area contributed by atoms with Gasteiger partial charge in [0.15, 0.2) is 0 Å². The van der Waals surface area contributed by atoms with Crippen molar-refractivity contribution in [3.8, 4) is 0 Å². The number of alkyl carbamates (subject to hydrolysis) is 1. The van der Waals surface area contributed by atoms with E-state index in [1.807, 2.05) is 27.0 Å². The summed E-state index contributed by atoms with van der Waals surface area (Å²) in [5, 5.41) is 6.91. The standard InChI is InChI=1S/C19H32N4O2/c1-18(2,3)25-17(24)22-19(4)9-7-14(8-10-19)21-15-5-6-16-20-11-12-23(16)13-15/h11-12,14-15,21H,5-10,13H2,1-4H3,(H,22,24). The number of aryl methyl sites for hydroxylation is 1. The minimum atomic E-state index is -0.452. The van der Waals surface area contributed by atoms with Crippen molar-refractivity contribution in [1.82, 2.24) is 20.2 Å². The highest BCUT2D eigenvalue weighted by molar-refractivity contribution is 5.68. The molecule has 1 aliphatic heterocycles. The first kappa shape index (κ1) is 18.2. The lowest BCUT2D eigenvalue weighted by molar-refractivity contribution is 0.0429. The second-order valence-electron chi connectivity index (χ2n) is 8.86. The Morgan fingerprint density at radius 1 is 1.28 bits per heavy atom. The second kappa shape index (κ2) is 6.98. The van der Waals surface area contributed by atoms with E-state index in [2.05, 4.69) is 33.3 Å². The number of hydrogen-bond donors (Lipinski definition) is 2. The van der Waals surface area contributed by atoms with Gasteiger partial charge in [0, 0.05) is 43.0 Å². The van der Waals surface area contributed by atoms with Crippen molar-refractivity contribution in [2.75, 3.05) is 0 Å². The Balaban J connectivity index is 1.45. The second-order valence-corrected chi connectivity index (χ2v) is 8.86. The predicted molar refractivity (Wildman–Crippen MR) is 97.5 cm³/mol. The normalized spacial score (nSPS) is 29.8. The van der Waals surface area contributed by atoms with Crippen LogP contribution in [0.1, 0.15) is 65.6 Å². The molecule has 0 saturated heterocycles. The molecule has 3 rings (SSSR count). The fraction of sp³-hybridized carbons (Fsp3) is 0.789. The molecule has 6 heteroatoms. The number of carbonyl (C=O) groups is 1. The molecule has 2 aliphatic rings. The Hall–Kier alpha value is -1.56. The molecule has 1 amide bonds. The maximum absolute atomic E-state index is 12.1. The molecule has 6 nitrogen and oxygen atoms in total. The minimum Gasteiger partial charge on any atom is -0.444 e. The zero-order valence-electron chi connectivity index (χ0n) is 16.0. The van der Waals surface area contributed by atoms with Crippen molar-refractivity contribution in [2.45, 2.75) is 96.0 Å². The highest BCUT2D eigenvalue weighted by atomic mass is 16.6. The van der Waals surface area contributed by atoms with Gasteiger partial charge in [0.2, 0.25) is 0 Å². The van der Waals surface area contributed by atoms with Gasteiger partial charge in [-0.05, 0) is 59.8 Å². The Morgan fingerprint density at radius 3 is 2.68 bits per heavy atom. The molecule has 1 aromatic heterocycles. The summed E-state index contributed by atoms with van der Waals surface area (Å²) in [5.41, 5.74) is -0.614. The van der Waals surface area contributed by atoms with Crippen LogP contribution >= 0.6 is 0 Å². The first-order valence-corrected chi connectivity index (χ1v) is 9.50. The first-order valence-electron chi connectivity index (χ1n) is 9.50. The molecule has 1 unspecified atom stereocenters. The van der Waals surface area contributed by atoms with Crippen LogP contribution in [0.2, 0.25) is 0 Å². The zero-order chi connectivity index (χ0) is 18.1. The Kier molecular flexibility index (Phi) is 5.09. The van der Waals surface area contributed by atoms with Crippen molar-refractivity contribution >= 4 is 6.09 Å². The van der Waals surface area contributed by atoms with Crippen molar-refractivity contribution in [3.63, 3.8) is 0 Å². The number of carbonyl (C=O) groups excluding carboxylic acids is 1. The molecule has 140 valence electrons. The summed E-state index contributed by atoms with van der Waals surface area (Å²) in [6.07, 6.45) is 9.99. The van der Waals surface area contributed by atoms with Gasteiger partial charge in [-0.3, -0.25) is 0 Å². The van der Waals surface area contributed by atoms with Crippen LogP contribution in [-0.2, 0) is 17.7 Å². The van der Waals surface area contributed by atoms with E-state index in [1.165, 1.54) is 5.82 Å². The molecule has 0 spiro atoms. The van der Waals surface area contributed by atoms with Gasteiger partial charge < -0.3 is 19.9 Å². The van der Waals surface area contributed by atoms with Gasteiger partial charge >= 0.3 is 6.09 Å². The monoisotopic (exact) mass is 348 g/mol. The Bertz CT molecular complexity index is 597. The number of amides is 1. The summed E-state index contributed by atoms with van der Waals surface area (Å²) in [6.45, 7) is 8.83. The number of rotatable bonds is 3. The molecule has 0 radical (unpaired) electrons. The first-order chi connectivity index (χ1) is 11.7. The quantitative estimate of drug-likeness (QED) is 0.881. The van der Waals surface area contributed by atoms with Crippen molar-refractivity contribution in [2.24, 2.45) is 0 Å². The van der Waals surface area contributed by atoms with E-state index >= 15 is 0 Å². The summed E-state index contributed by atoms with van der Waals surface area (Å²) in [7, 11) is 0. The number of aromatic nitrogens is 2. The lowest BCUT2D eigenvalue weighted by Gasteiger charge is -2.40. The molecule has 1 fully saturated rings. The summed E-state index contributed by atoms with van der Waals surface area (Å²) in [5.74, 6) is 1.20. The van der Waals surface area contributed by atoms with Gasteiger partial charge in [-0.2, -0.15) is 0 Å². The third-order valence-corrected chi connectivity index (χ3v) is 5.30. The lowest BCUT2D eigenvalue weighted by Crippen LogP contribution is -2.53. The fourth-order valence-corrected chi connectivity index (χ4v) is 3.93. The molecule has 1 saturated carbocycles. The average Bonchev–Trinajstić information content (AvgIpc) is 2.95. The highest BCUT2D eigenvalue weighted by Crippen LogP contribution is 2.29. The predicted octanol–water partition coefficient (Wildman–Crippen LogP) is 3.01. The van der Waals surface area contributed by atoms with Crippen LogP contribution in [0.4, 0.5) is 4.79 Å². The van der Waals surface area contributed by atoms with Gasteiger partial charge in [-0.1, -0.05) is 0 Å². The van der Waals surface area contributed by atoms with Crippen LogP contribution in [0, 0.1) is 0 Å². The van der Waals surface area contributed by atoms with Crippen LogP contribution in [0.15, 0.2) is 12.4 Å². The summed E-state index contributed by atoms with van der Waals surface area (Å²) in [6, 6.07) is 1.05. The van der Waals surface area contributed by atoms with Gasteiger partial charge in [0.25, 0.3) is 0 Å². The van der Waals surface area contributed by atoms with Crippen LogP contribution in [0.5, 0.6) is 0 Å². The molecule has 1 aliphatic carbocycles. The molecule has 2 heterocycles. The number of imidazole rings is 1. The van der Waals surface area contributed by atoms with Crippen LogP contribution in [0.25, 0.3) is 0 Å². The number of hydrogen-bond acceptors (Lipinski definition) is 4. The topological polar surface area (TPSA) is 68.2 Å². The van der Waals surface area contributed by atoms with E-state index in [0.717, 1.165) is 45.1 Å². The highest BCUT2D eigenvalue weighted by Gasteiger charge is 2.34. The molecular weight excluding hydrogens is 316 g/mol. The van der Waals surface area contributed by atoms with Gasteiger partial charge in [0.1, 0.15) is 11.4 Å². The molecule has 2 N–H and O–H groups in total. The van der Waals surface area contributed by atoms with Crippen molar-refractivity contribution in [3.05, 3.63) is 18.2 Å². The fourth-order valence-electron chi connectivity index (χ4n) is 3.93. The maximum Gasteiger partial charge on any atom is 0.408 e. The zero-order valence-corrected chi connectivity index (χ0v) is 16.0. The average molecular weight is 348 g/mol. The third kappa shape index (κ3) is 4.97. The van der Waals surface area contributed by atoms with Crippen LogP contribution < -0.4 is 10.6 Å². The van der Waals surface area contributed by atoms with E-state index in [0.29, 0.717) is 12.1 Å².